The van der Waals surface area contributed by atoms with E-state index in [-0.39, 0.29) is 0 Å². The van der Waals surface area contributed by atoms with Crippen LogP contribution in [0.25, 0.3) is 0 Å². The number of nitrogens with zero attached hydrogens (tertiary/aromatic N) is 1. The quantitative estimate of drug-likeness (QED) is 0.840. The molecule has 0 spiro atoms. The summed E-state index contributed by atoms with van der Waals surface area (Å²) >= 11 is 0. The lowest BCUT2D eigenvalue weighted by Gasteiger charge is -2.13. The summed E-state index contributed by atoms with van der Waals surface area (Å²) in [6, 6.07) is 15.5. The topological polar surface area (TPSA) is 54.3 Å². The average Bonchev–Trinajstić information content (AvgIpc) is 2.55. The highest BCUT2D eigenvalue weighted by Crippen LogP contribution is 2.30. The largest absolute Gasteiger partial charge is 0.490 e. The summed E-state index contributed by atoms with van der Waals surface area (Å²) in [5.74, 6) is 1.49. The second-order valence-corrected chi connectivity index (χ2v) is 4.69. The smallest absolute Gasteiger partial charge is 0.163 e. The standard InChI is InChI=1S/C18H20N2O2/c1-3-21-17-9-8-16(11-18(17)22-4-2)20-13-15-7-5-6-14(10-15)12-19/h5-11,20H,3-4,13H2,1-2H3. The molecule has 0 aliphatic rings. The molecule has 2 rings (SSSR count). The van der Waals surface area contributed by atoms with E-state index >= 15 is 0 Å². The maximum Gasteiger partial charge on any atom is 0.163 e. The molecule has 2 aromatic carbocycles. The van der Waals surface area contributed by atoms with Gasteiger partial charge in [0.2, 0.25) is 0 Å². The maximum atomic E-state index is 8.92. The van der Waals surface area contributed by atoms with Gasteiger partial charge in [0.15, 0.2) is 11.5 Å². The van der Waals surface area contributed by atoms with Gasteiger partial charge < -0.3 is 14.8 Å². The third-order valence-electron chi connectivity index (χ3n) is 3.10. The third kappa shape index (κ3) is 4.16. The summed E-state index contributed by atoms with van der Waals surface area (Å²) in [5.41, 5.74) is 2.68. The molecule has 4 nitrogen and oxygen atoms in total. The molecule has 0 fully saturated rings. The first-order chi connectivity index (χ1) is 10.8. The second-order valence-electron chi connectivity index (χ2n) is 4.69. The lowest BCUT2D eigenvalue weighted by molar-refractivity contribution is 0.288. The molecular formula is C18H20N2O2. The predicted molar refractivity (Wildman–Crippen MR) is 87.3 cm³/mol. The van der Waals surface area contributed by atoms with Gasteiger partial charge in [-0.2, -0.15) is 5.26 Å². The number of hydrogen-bond donors (Lipinski definition) is 1. The van der Waals surface area contributed by atoms with Crippen LogP contribution >= 0.6 is 0 Å². The zero-order valence-corrected chi connectivity index (χ0v) is 12.9. The summed E-state index contributed by atoms with van der Waals surface area (Å²) in [6.07, 6.45) is 0. The molecule has 0 bridgehead atoms. The highest BCUT2D eigenvalue weighted by molar-refractivity contribution is 5.55. The molecule has 0 unspecified atom stereocenters. The van der Waals surface area contributed by atoms with Crippen LogP contribution in [0.2, 0.25) is 0 Å². The average molecular weight is 296 g/mol. The van der Waals surface area contributed by atoms with E-state index in [1.165, 1.54) is 0 Å². The van der Waals surface area contributed by atoms with Crippen molar-refractivity contribution in [1.82, 2.24) is 0 Å². The molecule has 0 amide bonds. The summed E-state index contributed by atoms with van der Waals surface area (Å²) in [7, 11) is 0. The molecule has 0 atom stereocenters. The van der Waals surface area contributed by atoms with Crippen molar-refractivity contribution in [2.24, 2.45) is 0 Å². The Morgan fingerprint density at radius 3 is 2.50 bits per heavy atom. The number of rotatable bonds is 7. The van der Waals surface area contributed by atoms with E-state index in [0.717, 1.165) is 22.7 Å². The number of anilines is 1. The minimum Gasteiger partial charge on any atom is -0.490 e. The Balaban J connectivity index is 2.09. The van der Waals surface area contributed by atoms with Crippen molar-refractivity contribution in [3.05, 3.63) is 53.6 Å². The molecular weight excluding hydrogens is 276 g/mol. The summed E-state index contributed by atoms with van der Waals surface area (Å²) in [5, 5.41) is 12.3. The summed E-state index contributed by atoms with van der Waals surface area (Å²) < 4.78 is 11.2. The van der Waals surface area contributed by atoms with Gasteiger partial charge in [0, 0.05) is 18.3 Å². The second kappa shape index (κ2) is 7.94. The normalized spacial score (nSPS) is 9.86. The van der Waals surface area contributed by atoms with Gasteiger partial charge in [0.1, 0.15) is 0 Å². The Hall–Kier alpha value is -2.67. The van der Waals surface area contributed by atoms with Crippen LogP contribution in [-0.2, 0) is 6.54 Å². The van der Waals surface area contributed by atoms with Gasteiger partial charge in [0.25, 0.3) is 0 Å². The van der Waals surface area contributed by atoms with Crippen LogP contribution in [0.4, 0.5) is 5.69 Å². The Labute approximate surface area is 131 Å². The van der Waals surface area contributed by atoms with Gasteiger partial charge in [-0.15, -0.1) is 0 Å². The Kier molecular flexibility index (Phi) is 5.67. The fourth-order valence-electron chi connectivity index (χ4n) is 2.12. The Morgan fingerprint density at radius 1 is 1.00 bits per heavy atom. The van der Waals surface area contributed by atoms with E-state index in [2.05, 4.69) is 11.4 Å². The zero-order chi connectivity index (χ0) is 15.8. The van der Waals surface area contributed by atoms with Crippen molar-refractivity contribution in [1.29, 1.82) is 5.26 Å². The van der Waals surface area contributed by atoms with Gasteiger partial charge in [-0.3, -0.25) is 0 Å². The molecule has 0 aliphatic carbocycles. The maximum absolute atomic E-state index is 8.92. The van der Waals surface area contributed by atoms with Crippen LogP contribution in [0.15, 0.2) is 42.5 Å². The fourth-order valence-corrected chi connectivity index (χ4v) is 2.12. The number of nitriles is 1. The van der Waals surface area contributed by atoms with Crippen molar-refractivity contribution in [2.45, 2.75) is 20.4 Å². The molecule has 0 aliphatic heterocycles. The molecule has 0 aromatic heterocycles. The van der Waals surface area contributed by atoms with Crippen molar-refractivity contribution >= 4 is 5.69 Å². The van der Waals surface area contributed by atoms with Gasteiger partial charge in [-0.1, -0.05) is 12.1 Å². The SMILES string of the molecule is CCOc1ccc(NCc2cccc(C#N)c2)cc1OCC. The molecule has 4 heteroatoms. The molecule has 0 saturated heterocycles. The summed E-state index contributed by atoms with van der Waals surface area (Å²) in [6.45, 7) is 5.74. The van der Waals surface area contributed by atoms with Gasteiger partial charge in [-0.05, 0) is 43.7 Å². The van der Waals surface area contributed by atoms with E-state index in [9.17, 15) is 0 Å². The summed E-state index contributed by atoms with van der Waals surface area (Å²) in [4.78, 5) is 0. The van der Waals surface area contributed by atoms with Crippen LogP contribution in [0.3, 0.4) is 0 Å². The first kappa shape index (κ1) is 15.7. The number of hydrogen-bond acceptors (Lipinski definition) is 4. The van der Waals surface area contributed by atoms with Crippen molar-refractivity contribution < 1.29 is 9.47 Å². The number of nitrogens with one attached hydrogen (secondary N) is 1. The third-order valence-corrected chi connectivity index (χ3v) is 3.10. The van der Waals surface area contributed by atoms with E-state index in [1.54, 1.807) is 6.07 Å². The van der Waals surface area contributed by atoms with E-state index in [1.807, 2.05) is 50.2 Å². The van der Waals surface area contributed by atoms with Crippen molar-refractivity contribution in [3.63, 3.8) is 0 Å². The minimum atomic E-state index is 0.591. The molecule has 0 radical (unpaired) electrons. The molecule has 1 N–H and O–H groups in total. The van der Waals surface area contributed by atoms with Crippen LogP contribution < -0.4 is 14.8 Å². The van der Waals surface area contributed by atoms with Crippen LogP contribution in [0.1, 0.15) is 25.0 Å². The molecule has 114 valence electrons. The van der Waals surface area contributed by atoms with E-state index in [0.29, 0.717) is 25.3 Å². The Bertz CT molecular complexity index is 662. The number of benzene rings is 2. The van der Waals surface area contributed by atoms with Gasteiger partial charge in [-0.25, -0.2) is 0 Å². The van der Waals surface area contributed by atoms with Crippen LogP contribution in [-0.4, -0.2) is 13.2 Å². The molecule has 2 aromatic rings. The van der Waals surface area contributed by atoms with Crippen molar-refractivity contribution in [3.8, 4) is 17.6 Å². The first-order valence-corrected chi connectivity index (χ1v) is 7.39. The monoisotopic (exact) mass is 296 g/mol. The van der Waals surface area contributed by atoms with E-state index in [4.69, 9.17) is 14.7 Å². The van der Waals surface area contributed by atoms with Gasteiger partial charge in [0.05, 0.1) is 24.8 Å². The van der Waals surface area contributed by atoms with Crippen LogP contribution in [0.5, 0.6) is 11.5 Å². The van der Waals surface area contributed by atoms with E-state index < -0.39 is 0 Å². The molecule has 0 heterocycles. The lowest BCUT2D eigenvalue weighted by Crippen LogP contribution is -2.02. The number of ether oxygens (including phenoxy) is 2. The highest BCUT2D eigenvalue weighted by atomic mass is 16.5. The van der Waals surface area contributed by atoms with Gasteiger partial charge >= 0.3 is 0 Å². The fraction of sp³-hybridized carbons (Fsp3) is 0.278. The molecule has 22 heavy (non-hydrogen) atoms. The minimum absolute atomic E-state index is 0.591. The molecule has 0 saturated carbocycles. The highest BCUT2D eigenvalue weighted by Gasteiger charge is 2.06. The lowest BCUT2D eigenvalue weighted by atomic mass is 10.1. The predicted octanol–water partition coefficient (Wildman–Crippen LogP) is 3.97. The Morgan fingerprint density at radius 2 is 1.77 bits per heavy atom. The first-order valence-electron chi connectivity index (χ1n) is 7.39. The van der Waals surface area contributed by atoms with Crippen molar-refractivity contribution in [2.75, 3.05) is 18.5 Å². The van der Waals surface area contributed by atoms with Crippen LogP contribution in [0, 0.1) is 11.3 Å². The zero-order valence-electron chi connectivity index (χ0n) is 12.9.